The fraction of sp³-hybridized carbons (Fsp3) is 0.643. The Bertz CT molecular complexity index is 506. The normalized spacial score (nSPS) is 17.7. The quantitative estimate of drug-likeness (QED) is 0.834. The van der Waals surface area contributed by atoms with E-state index in [0.717, 1.165) is 19.3 Å². The summed E-state index contributed by atoms with van der Waals surface area (Å²) < 4.78 is 4.96. The van der Waals surface area contributed by atoms with Crippen molar-refractivity contribution in [1.29, 1.82) is 0 Å². The van der Waals surface area contributed by atoms with E-state index in [4.69, 9.17) is 10.3 Å². The zero-order chi connectivity index (χ0) is 15.2. The molecule has 2 amide bonds. The van der Waals surface area contributed by atoms with Crippen molar-refractivity contribution in [2.45, 2.75) is 38.6 Å². The molecule has 7 nitrogen and oxygen atoms in total. The summed E-state index contributed by atoms with van der Waals surface area (Å²) in [6, 6.07) is 1.64. The van der Waals surface area contributed by atoms with Gasteiger partial charge in [-0.25, -0.2) is 0 Å². The Morgan fingerprint density at radius 2 is 2.27 bits per heavy atom. The predicted octanol–water partition coefficient (Wildman–Crippen LogP) is 0.865. The molecule has 2 rings (SSSR count). The van der Waals surface area contributed by atoms with E-state index in [1.165, 1.54) is 0 Å². The van der Waals surface area contributed by atoms with Crippen LogP contribution >= 0.6 is 12.4 Å². The zero-order valence-corrected chi connectivity index (χ0v) is 13.5. The van der Waals surface area contributed by atoms with Gasteiger partial charge in [0.2, 0.25) is 5.91 Å². The van der Waals surface area contributed by atoms with E-state index in [2.05, 4.69) is 10.5 Å². The predicted molar refractivity (Wildman–Crippen MR) is 83.8 cm³/mol. The molecule has 0 spiro atoms. The first kappa shape index (κ1) is 18.4. The Hall–Kier alpha value is -1.60. The van der Waals surface area contributed by atoms with Gasteiger partial charge in [0.25, 0.3) is 5.91 Å². The summed E-state index contributed by atoms with van der Waals surface area (Å²) in [6.45, 7) is 3.23. The summed E-state index contributed by atoms with van der Waals surface area (Å²) in [5.41, 5.74) is 5.67. The lowest BCUT2D eigenvalue weighted by Gasteiger charge is -2.35. The van der Waals surface area contributed by atoms with Crippen LogP contribution in [0.1, 0.15) is 41.9 Å². The van der Waals surface area contributed by atoms with Gasteiger partial charge in [-0.15, -0.1) is 12.4 Å². The van der Waals surface area contributed by atoms with Gasteiger partial charge >= 0.3 is 0 Å². The van der Waals surface area contributed by atoms with Gasteiger partial charge in [0.1, 0.15) is 5.76 Å². The standard InChI is InChI=1S/C14H22N4O3.ClH/c1-10-8-12(17-21-10)14(20)18-7-3-2-4-11(18)9-16-13(19)5-6-15;/h8,11H,2-7,9,15H2,1H3,(H,16,19);1H. The number of halogens is 1. The SMILES string of the molecule is Cc1cc(C(=O)N2CCCCC2CNC(=O)CCN)no1.Cl. The Balaban J connectivity index is 0.00000242. The highest BCUT2D eigenvalue weighted by molar-refractivity contribution is 5.92. The summed E-state index contributed by atoms with van der Waals surface area (Å²) in [4.78, 5) is 25.8. The van der Waals surface area contributed by atoms with Gasteiger partial charge in [-0.3, -0.25) is 9.59 Å². The zero-order valence-electron chi connectivity index (χ0n) is 12.7. The molecule has 22 heavy (non-hydrogen) atoms. The molecule has 0 aliphatic carbocycles. The Labute approximate surface area is 136 Å². The number of nitrogens with zero attached hydrogens (tertiary/aromatic N) is 2. The number of likely N-dealkylation sites (tertiary alicyclic amines) is 1. The van der Waals surface area contributed by atoms with Gasteiger partial charge in [-0.1, -0.05) is 5.16 Å². The van der Waals surface area contributed by atoms with E-state index in [9.17, 15) is 9.59 Å². The van der Waals surface area contributed by atoms with Gasteiger partial charge in [0, 0.05) is 38.2 Å². The van der Waals surface area contributed by atoms with Gasteiger partial charge in [-0.05, 0) is 26.2 Å². The van der Waals surface area contributed by atoms with Crippen molar-refractivity contribution < 1.29 is 14.1 Å². The molecule has 0 bridgehead atoms. The number of hydrogen-bond donors (Lipinski definition) is 2. The van der Waals surface area contributed by atoms with Crippen molar-refractivity contribution in [3.05, 3.63) is 17.5 Å². The van der Waals surface area contributed by atoms with Crippen LogP contribution in [0, 0.1) is 6.92 Å². The summed E-state index contributed by atoms with van der Waals surface area (Å²) >= 11 is 0. The van der Waals surface area contributed by atoms with E-state index in [1.54, 1.807) is 17.9 Å². The van der Waals surface area contributed by atoms with Crippen molar-refractivity contribution in [2.24, 2.45) is 5.73 Å². The number of nitrogens with one attached hydrogen (secondary N) is 1. The molecule has 1 aliphatic heterocycles. The maximum Gasteiger partial charge on any atom is 0.276 e. The second kappa shape index (κ2) is 8.75. The molecular weight excluding hydrogens is 308 g/mol. The highest BCUT2D eigenvalue weighted by atomic mass is 35.5. The van der Waals surface area contributed by atoms with E-state index < -0.39 is 0 Å². The number of carbonyl (C=O) groups excluding carboxylic acids is 2. The van der Waals surface area contributed by atoms with Crippen LogP contribution in [0.5, 0.6) is 0 Å². The van der Waals surface area contributed by atoms with Gasteiger partial charge < -0.3 is 20.5 Å². The number of carbonyl (C=O) groups is 2. The maximum absolute atomic E-state index is 12.5. The molecule has 8 heteroatoms. The second-order valence-electron chi connectivity index (χ2n) is 5.31. The number of nitrogens with two attached hydrogens (primary N) is 1. The van der Waals surface area contributed by atoms with Crippen LogP contribution in [0.15, 0.2) is 10.6 Å². The Morgan fingerprint density at radius 1 is 1.50 bits per heavy atom. The first-order valence-electron chi connectivity index (χ1n) is 7.33. The number of aryl methyl sites for hydroxylation is 1. The van der Waals surface area contributed by atoms with Crippen LogP contribution < -0.4 is 11.1 Å². The summed E-state index contributed by atoms with van der Waals surface area (Å²) in [5.74, 6) is 0.403. The minimum absolute atomic E-state index is 0. The van der Waals surface area contributed by atoms with Crippen LogP contribution in [-0.2, 0) is 4.79 Å². The molecule has 1 aromatic rings. The monoisotopic (exact) mass is 330 g/mol. The fourth-order valence-corrected chi connectivity index (χ4v) is 2.55. The molecule has 2 heterocycles. The largest absolute Gasteiger partial charge is 0.361 e. The molecule has 0 aromatic carbocycles. The van der Waals surface area contributed by atoms with Crippen LogP contribution in [0.2, 0.25) is 0 Å². The third kappa shape index (κ3) is 4.71. The lowest BCUT2D eigenvalue weighted by atomic mass is 10.0. The van der Waals surface area contributed by atoms with E-state index in [0.29, 0.717) is 37.5 Å². The molecule has 0 radical (unpaired) electrons. The molecule has 3 N–H and O–H groups in total. The van der Waals surface area contributed by atoms with Crippen molar-refractivity contribution in [2.75, 3.05) is 19.6 Å². The van der Waals surface area contributed by atoms with Gasteiger partial charge in [-0.2, -0.15) is 0 Å². The minimum atomic E-state index is -0.135. The van der Waals surface area contributed by atoms with Crippen LogP contribution in [0.3, 0.4) is 0 Å². The van der Waals surface area contributed by atoms with Crippen LogP contribution in [0.25, 0.3) is 0 Å². The van der Waals surface area contributed by atoms with Crippen molar-refractivity contribution in [3.8, 4) is 0 Å². The molecule has 1 unspecified atom stereocenters. The second-order valence-corrected chi connectivity index (χ2v) is 5.31. The van der Waals surface area contributed by atoms with Gasteiger partial charge in [0.15, 0.2) is 5.69 Å². The fourth-order valence-electron chi connectivity index (χ4n) is 2.55. The smallest absolute Gasteiger partial charge is 0.276 e. The number of amides is 2. The van der Waals surface area contributed by atoms with Crippen LogP contribution in [0.4, 0.5) is 0 Å². The summed E-state index contributed by atoms with van der Waals surface area (Å²) in [7, 11) is 0. The molecule has 1 fully saturated rings. The Morgan fingerprint density at radius 3 is 2.91 bits per heavy atom. The molecular formula is C14H23ClN4O3. The third-order valence-corrected chi connectivity index (χ3v) is 3.64. The van der Waals surface area contributed by atoms with Crippen LogP contribution in [-0.4, -0.2) is 47.5 Å². The van der Waals surface area contributed by atoms with Crippen molar-refractivity contribution in [3.63, 3.8) is 0 Å². The molecule has 1 atom stereocenters. The summed E-state index contributed by atoms with van der Waals surface area (Å²) in [5, 5.41) is 6.62. The summed E-state index contributed by atoms with van der Waals surface area (Å²) in [6.07, 6.45) is 3.21. The average Bonchev–Trinajstić information content (AvgIpc) is 2.91. The lowest BCUT2D eigenvalue weighted by Crippen LogP contribution is -2.49. The first-order valence-corrected chi connectivity index (χ1v) is 7.33. The number of piperidine rings is 1. The number of hydrogen-bond acceptors (Lipinski definition) is 5. The van der Waals surface area contributed by atoms with Crippen molar-refractivity contribution in [1.82, 2.24) is 15.4 Å². The molecule has 1 aromatic heterocycles. The molecule has 0 saturated carbocycles. The first-order chi connectivity index (χ1) is 10.1. The van der Waals surface area contributed by atoms with E-state index in [-0.39, 0.29) is 30.3 Å². The Kier molecular flexibility index (Phi) is 7.34. The topological polar surface area (TPSA) is 101 Å². The molecule has 1 aliphatic rings. The van der Waals surface area contributed by atoms with Gasteiger partial charge in [0.05, 0.1) is 0 Å². The maximum atomic E-state index is 12.5. The number of aromatic nitrogens is 1. The highest BCUT2D eigenvalue weighted by Crippen LogP contribution is 2.19. The van der Waals surface area contributed by atoms with E-state index in [1.807, 2.05) is 0 Å². The van der Waals surface area contributed by atoms with Crippen molar-refractivity contribution >= 4 is 24.2 Å². The minimum Gasteiger partial charge on any atom is -0.361 e. The highest BCUT2D eigenvalue weighted by Gasteiger charge is 2.29. The third-order valence-electron chi connectivity index (χ3n) is 3.64. The molecule has 124 valence electrons. The lowest BCUT2D eigenvalue weighted by molar-refractivity contribution is -0.121. The average molecular weight is 331 g/mol. The number of rotatable bonds is 5. The molecule has 1 saturated heterocycles. The van der Waals surface area contributed by atoms with E-state index >= 15 is 0 Å².